The summed E-state index contributed by atoms with van der Waals surface area (Å²) in [5, 5.41) is 0.917. The number of aromatic amines is 1. The van der Waals surface area contributed by atoms with Crippen LogP contribution in [-0.4, -0.2) is 57.3 Å². The molecule has 6 nitrogen and oxygen atoms in total. The first-order chi connectivity index (χ1) is 12.5. The minimum absolute atomic E-state index is 0.0381. The second-order valence-corrected chi connectivity index (χ2v) is 6.77. The Hall–Kier alpha value is -2.81. The molecule has 2 atom stereocenters. The van der Waals surface area contributed by atoms with Crippen LogP contribution in [-0.2, 0) is 4.79 Å². The van der Waals surface area contributed by atoms with Crippen molar-refractivity contribution in [1.82, 2.24) is 19.8 Å². The van der Waals surface area contributed by atoms with Crippen molar-refractivity contribution < 1.29 is 9.59 Å². The number of hydrogen-bond donors (Lipinski definition) is 1. The number of aromatic nitrogens is 2. The van der Waals surface area contributed by atoms with Crippen molar-refractivity contribution in [2.75, 3.05) is 19.6 Å². The molecular formula is C20H24N4O2. The topological polar surface area (TPSA) is 69.3 Å². The lowest BCUT2D eigenvalue weighted by atomic mass is 10.1. The summed E-state index contributed by atoms with van der Waals surface area (Å²) in [6.07, 6.45) is 10.00. The molecule has 1 unspecified atom stereocenters. The fourth-order valence-corrected chi connectivity index (χ4v) is 3.58. The first-order valence-corrected chi connectivity index (χ1v) is 9.01. The van der Waals surface area contributed by atoms with Gasteiger partial charge < -0.3 is 14.8 Å². The molecular weight excluding hydrogens is 328 g/mol. The first kappa shape index (κ1) is 18.0. The lowest BCUT2D eigenvalue weighted by Gasteiger charge is -2.30. The van der Waals surface area contributed by atoms with Gasteiger partial charge in [0.1, 0.15) is 5.69 Å². The zero-order valence-corrected chi connectivity index (χ0v) is 15.2. The number of amides is 2. The van der Waals surface area contributed by atoms with Crippen LogP contribution < -0.4 is 0 Å². The van der Waals surface area contributed by atoms with E-state index >= 15 is 0 Å². The summed E-state index contributed by atoms with van der Waals surface area (Å²) in [5.74, 6) is 2.40. The number of nitrogens with one attached hydrogen (secondary N) is 1. The van der Waals surface area contributed by atoms with Crippen molar-refractivity contribution in [2.45, 2.75) is 32.7 Å². The quantitative estimate of drug-likeness (QED) is 0.840. The van der Waals surface area contributed by atoms with E-state index in [1.807, 2.05) is 35.8 Å². The molecule has 1 saturated heterocycles. The second-order valence-electron chi connectivity index (χ2n) is 6.77. The number of likely N-dealkylation sites (tertiary alicyclic amines) is 1. The fraction of sp³-hybridized carbons (Fsp3) is 0.450. The zero-order valence-electron chi connectivity index (χ0n) is 15.2. The molecule has 0 bridgehead atoms. The van der Waals surface area contributed by atoms with E-state index in [1.165, 1.54) is 0 Å². The van der Waals surface area contributed by atoms with Gasteiger partial charge >= 0.3 is 0 Å². The van der Waals surface area contributed by atoms with Gasteiger partial charge in [0, 0.05) is 55.3 Å². The number of pyridine rings is 1. The van der Waals surface area contributed by atoms with Gasteiger partial charge in [0.05, 0.1) is 6.04 Å². The van der Waals surface area contributed by atoms with Crippen LogP contribution >= 0.6 is 0 Å². The van der Waals surface area contributed by atoms with Crippen LogP contribution in [0.1, 0.15) is 37.2 Å². The van der Waals surface area contributed by atoms with Crippen molar-refractivity contribution in [1.29, 1.82) is 0 Å². The molecule has 136 valence electrons. The number of H-pyrrole nitrogens is 1. The Kier molecular flexibility index (Phi) is 5.27. The molecule has 2 amide bonds. The predicted molar refractivity (Wildman–Crippen MR) is 100 cm³/mol. The minimum atomic E-state index is -0.189. The van der Waals surface area contributed by atoms with Crippen LogP contribution in [0.3, 0.4) is 0 Å². The molecule has 1 aliphatic heterocycles. The second kappa shape index (κ2) is 7.61. The van der Waals surface area contributed by atoms with E-state index in [9.17, 15) is 9.59 Å². The van der Waals surface area contributed by atoms with Crippen LogP contribution in [0.2, 0.25) is 0 Å². The van der Waals surface area contributed by atoms with Crippen LogP contribution in [0, 0.1) is 18.3 Å². The average molecular weight is 352 g/mol. The molecule has 2 aromatic rings. The largest absolute Gasteiger partial charge is 0.350 e. The van der Waals surface area contributed by atoms with E-state index < -0.39 is 0 Å². The lowest BCUT2D eigenvalue weighted by Crippen LogP contribution is -2.44. The summed E-state index contributed by atoms with van der Waals surface area (Å²) in [7, 11) is 0. The number of carbonyl (C=O) groups is 2. The smallest absolute Gasteiger partial charge is 0.270 e. The Morgan fingerprint density at radius 2 is 2.35 bits per heavy atom. The lowest BCUT2D eigenvalue weighted by molar-refractivity contribution is -0.136. The van der Waals surface area contributed by atoms with Crippen LogP contribution in [0.25, 0.3) is 10.9 Å². The van der Waals surface area contributed by atoms with Gasteiger partial charge in [0.2, 0.25) is 5.91 Å². The first-order valence-electron chi connectivity index (χ1n) is 9.01. The van der Waals surface area contributed by atoms with E-state index in [2.05, 4.69) is 15.9 Å². The summed E-state index contributed by atoms with van der Waals surface area (Å²) in [4.78, 5) is 36.4. The van der Waals surface area contributed by atoms with E-state index in [0.29, 0.717) is 31.7 Å². The maximum Gasteiger partial charge on any atom is 0.270 e. The monoisotopic (exact) mass is 352 g/mol. The van der Waals surface area contributed by atoms with Crippen LogP contribution in [0.5, 0.6) is 0 Å². The van der Waals surface area contributed by atoms with Gasteiger partial charge in [-0.2, -0.15) is 0 Å². The third-order valence-electron chi connectivity index (χ3n) is 5.01. The van der Waals surface area contributed by atoms with Crippen molar-refractivity contribution in [3.8, 4) is 12.3 Å². The number of terminal acetylenes is 1. The Balaban J connectivity index is 1.69. The molecule has 1 N–H and O–H groups in total. The number of likely N-dealkylation sites (N-methyl/N-ethyl adjacent to an activating group) is 1. The molecule has 0 spiro atoms. The Labute approximate surface area is 153 Å². The summed E-state index contributed by atoms with van der Waals surface area (Å²) < 4.78 is 0. The third kappa shape index (κ3) is 3.43. The molecule has 0 aromatic carbocycles. The van der Waals surface area contributed by atoms with Gasteiger partial charge in [-0.15, -0.1) is 12.3 Å². The van der Waals surface area contributed by atoms with Crippen LogP contribution in [0.4, 0.5) is 0 Å². The molecule has 6 heteroatoms. The Bertz CT molecular complexity index is 818. The molecule has 0 radical (unpaired) electrons. The summed E-state index contributed by atoms with van der Waals surface area (Å²) in [6, 6.07) is 3.72. The molecule has 3 rings (SSSR count). The number of carbonyl (C=O) groups excluding carboxylic acids is 2. The molecule has 26 heavy (non-hydrogen) atoms. The van der Waals surface area contributed by atoms with Gasteiger partial charge in [-0.3, -0.25) is 14.6 Å². The maximum absolute atomic E-state index is 12.8. The highest BCUT2D eigenvalue weighted by Crippen LogP contribution is 2.22. The summed E-state index contributed by atoms with van der Waals surface area (Å²) in [6.45, 7) is 5.65. The van der Waals surface area contributed by atoms with E-state index in [4.69, 9.17) is 6.42 Å². The molecule has 0 saturated carbocycles. The average Bonchev–Trinajstić information content (AvgIpc) is 3.29. The van der Waals surface area contributed by atoms with Gasteiger partial charge in [0.25, 0.3) is 5.91 Å². The standard InChI is InChI=1S/C20H24N4O2/c1-4-6-14(3)19(25)24(5-2)16-8-10-23(13-16)20(26)18-11-15-12-21-9-7-17(15)22-18/h1,7,9,11-12,14,16,22H,5-6,8,10,13H2,2-3H3/t14-,16?/m1/s1. The molecule has 1 fully saturated rings. The molecule has 2 aromatic heterocycles. The third-order valence-corrected chi connectivity index (χ3v) is 5.01. The highest BCUT2D eigenvalue weighted by Gasteiger charge is 2.34. The zero-order chi connectivity index (χ0) is 18.7. The maximum atomic E-state index is 12.8. The van der Waals surface area contributed by atoms with E-state index in [1.54, 1.807) is 12.4 Å². The highest BCUT2D eigenvalue weighted by molar-refractivity contribution is 5.98. The number of hydrogen-bond acceptors (Lipinski definition) is 3. The highest BCUT2D eigenvalue weighted by atomic mass is 16.2. The van der Waals surface area contributed by atoms with Gasteiger partial charge in [0.15, 0.2) is 0 Å². The normalized spacial score (nSPS) is 17.9. The summed E-state index contributed by atoms with van der Waals surface area (Å²) in [5.41, 5.74) is 1.45. The molecule has 1 aliphatic rings. The van der Waals surface area contributed by atoms with Gasteiger partial charge in [-0.25, -0.2) is 0 Å². The predicted octanol–water partition coefficient (Wildman–Crippen LogP) is 2.29. The molecule has 0 aliphatic carbocycles. The van der Waals surface area contributed by atoms with Gasteiger partial charge in [-0.05, 0) is 25.5 Å². The summed E-state index contributed by atoms with van der Waals surface area (Å²) >= 11 is 0. The van der Waals surface area contributed by atoms with Crippen molar-refractivity contribution in [3.05, 3.63) is 30.2 Å². The van der Waals surface area contributed by atoms with Crippen molar-refractivity contribution in [3.63, 3.8) is 0 Å². The number of fused-ring (bicyclic) bond motifs is 1. The van der Waals surface area contributed by atoms with Crippen molar-refractivity contribution in [2.24, 2.45) is 5.92 Å². The Morgan fingerprint density at radius 1 is 1.54 bits per heavy atom. The Morgan fingerprint density at radius 3 is 3.04 bits per heavy atom. The van der Waals surface area contributed by atoms with Gasteiger partial charge in [-0.1, -0.05) is 6.92 Å². The SMILES string of the molecule is C#CC[C@@H](C)C(=O)N(CC)C1CCN(C(=O)c2cc3cnccc3[nH]2)C1. The van der Waals surface area contributed by atoms with E-state index in [0.717, 1.165) is 17.3 Å². The minimum Gasteiger partial charge on any atom is -0.350 e. The van der Waals surface area contributed by atoms with Crippen LogP contribution in [0.15, 0.2) is 24.5 Å². The number of rotatable bonds is 5. The fourth-order valence-electron chi connectivity index (χ4n) is 3.58. The number of nitrogens with zero attached hydrogens (tertiary/aromatic N) is 3. The molecule has 3 heterocycles. The van der Waals surface area contributed by atoms with E-state index in [-0.39, 0.29) is 23.8 Å². The van der Waals surface area contributed by atoms with Crippen molar-refractivity contribution >= 4 is 22.7 Å².